The molecule has 52 heavy (non-hydrogen) atoms. The topological polar surface area (TPSA) is 94.2 Å². The molecule has 3 aromatic carbocycles. The van der Waals surface area contributed by atoms with Crippen molar-refractivity contribution in [3.63, 3.8) is 0 Å². The van der Waals surface area contributed by atoms with Gasteiger partial charge in [0.15, 0.2) is 11.6 Å². The summed E-state index contributed by atoms with van der Waals surface area (Å²) in [5, 5.41) is 6.37. The fraction of sp³-hybridized carbons (Fsp3) is 0.475. The summed E-state index contributed by atoms with van der Waals surface area (Å²) in [5.74, 6) is -3.18. The van der Waals surface area contributed by atoms with Crippen molar-refractivity contribution in [3.05, 3.63) is 95.6 Å². The van der Waals surface area contributed by atoms with Crippen molar-refractivity contribution >= 4 is 40.3 Å². The number of rotatable bonds is 17. The standard InChI is InChI=1S/C40H50F2IN5O4/c1-46-21-7-11-33(46)18-20-45-39(50)36(24-29-14-17-34(41)35(42)22-29)47(2)40(51)37(48(27-43)38(49)26-52-25-32-10-6-19-44-32)23-28-12-15-31(16-13-28)30-8-4-3-5-9-30/h3-5,8-9,12-17,22,32-33,36-37,44H,6-7,10-11,18-21,23-27H2,1-2H3,(H,45,50)/t32-,33?,36-,37-/m1/s1. The van der Waals surface area contributed by atoms with Gasteiger partial charge in [0.05, 0.1) is 11.2 Å². The molecule has 12 heteroatoms. The lowest BCUT2D eigenvalue weighted by Gasteiger charge is -2.35. The van der Waals surface area contributed by atoms with E-state index in [0.717, 1.165) is 74.0 Å². The predicted molar refractivity (Wildman–Crippen MR) is 207 cm³/mol. The zero-order valence-corrected chi connectivity index (χ0v) is 32.2. The Hall–Kier alpha value is -3.46. The number of likely N-dealkylation sites (N-methyl/N-ethyl adjacent to an activating group) is 1. The van der Waals surface area contributed by atoms with Gasteiger partial charge >= 0.3 is 0 Å². The van der Waals surface area contributed by atoms with Crippen LogP contribution < -0.4 is 10.6 Å². The second-order valence-corrected chi connectivity index (χ2v) is 14.5. The van der Waals surface area contributed by atoms with E-state index >= 15 is 0 Å². The van der Waals surface area contributed by atoms with Crippen LogP contribution in [0, 0.1) is 11.6 Å². The van der Waals surface area contributed by atoms with Crippen molar-refractivity contribution in [1.82, 2.24) is 25.3 Å². The van der Waals surface area contributed by atoms with E-state index in [-0.39, 0.29) is 35.9 Å². The van der Waals surface area contributed by atoms with Gasteiger partial charge in [0.1, 0.15) is 18.7 Å². The Bertz CT molecular complexity index is 1630. The maximum absolute atomic E-state index is 14.7. The normalized spacial score (nSPS) is 18.6. The molecule has 4 atom stereocenters. The summed E-state index contributed by atoms with van der Waals surface area (Å²) in [6.07, 6.45) is 5.12. The lowest BCUT2D eigenvalue weighted by atomic mass is 9.98. The van der Waals surface area contributed by atoms with Gasteiger partial charge in [-0.15, -0.1) is 0 Å². The summed E-state index contributed by atoms with van der Waals surface area (Å²) < 4.78 is 34.2. The zero-order valence-electron chi connectivity index (χ0n) is 30.0. The number of halogens is 3. The van der Waals surface area contributed by atoms with E-state index in [1.807, 2.05) is 54.6 Å². The molecular weight excluding hydrogens is 779 g/mol. The van der Waals surface area contributed by atoms with Gasteiger partial charge in [0.25, 0.3) is 0 Å². The van der Waals surface area contributed by atoms with E-state index in [1.165, 1.54) is 15.9 Å². The van der Waals surface area contributed by atoms with E-state index in [2.05, 4.69) is 45.2 Å². The van der Waals surface area contributed by atoms with Crippen LogP contribution >= 0.6 is 22.6 Å². The van der Waals surface area contributed by atoms with Gasteiger partial charge < -0.3 is 30.1 Å². The second kappa shape index (κ2) is 19.6. The van der Waals surface area contributed by atoms with Crippen molar-refractivity contribution in [2.24, 2.45) is 0 Å². The minimum absolute atomic E-state index is 0.0389. The molecule has 2 N–H and O–H groups in total. The Morgan fingerprint density at radius 2 is 1.65 bits per heavy atom. The molecule has 280 valence electrons. The van der Waals surface area contributed by atoms with E-state index in [4.69, 9.17) is 4.74 Å². The largest absolute Gasteiger partial charge is 0.370 e. The van der Waals surface area contributed by atoms with Gasteiger partial charge in [0, 0.05) is 38.5 Å². The number of hydrogen-bond acceptors (Lipinski definition) is 6. The Morgan fingerprint density at radius 1 is 0.942 bits per heavy atom. The number of carbonyl (C=O) groups excluding carboxylic acids is 3. The zero-order chi connectivity index (χ0) is 37.0. The van der Waals surface area contributed by atoms with Gasteiger partial charge in [-0.05, 0) is 86.6 Å². The number of amides is 3. The lowest BCUT2D eigenvalue weighted by molar-refractivity contribution is -0.149. The predicted octanol–water partition coefficient (Wildman–Crippen LogP) is 5.20. The molecule has 2 saturated heterocycles. The average molecular weight is 830 g/mol. The van der Waals surface area contributed by atoms with Crippen molar-refractivity contribution in [1.29, 1.82) is 0 Å². The smallest absolute Gasteiger partial charge is 0.249 e. The summed E-state index contributed by atoms with van der Waals surface area (Å²) in [6.45, 7) is 2.56. The number of benzene rings is 3. The average Bonchev–Trinajstić information content (AvgIpc) is 3.83. The SMILES string of the molecule is CN1CCCC1CCNC(=O)[C@@H](Cc1ccc(F)c(F)c1)N(C)C(=O)[C@@H](Cc1ccc(-c2ccccc2)cc1)N(CI)C(=O)COC[C@H]1CCCN1. The quantitative estimate of drug-likeness (QED) is 0.111. The van der Waals surface area contributed by atoms with Crippen molar-refractivity contribution in [2.75, 3.05) is 51.5 Å². The molecule has 2 aliphatic rings. The number of nitrogens with one attached hydrogen (secondary N) is 2. The fourth-order valence-corrected chi connectivity index (χ4v) is 7.98. The van der Waals surface area contributed by atoms with Gasteiger partial charge in [-0.3, -0.25) is 14.4 Å². The monoisotopic (exact) mass is 829 g/mol. The number of ether oxygens (including phenoxy) is 1. The first-order chi connectivity index (χ1) is 25.1. The first kappa shape index (κ1) is 39.7. The van der Waals surface area contributed by atoms with E-state index < -0.39 is 35.5 Å². The van der Waals surface area contributed by atoms with Gasteiger partial charge in [-0.25, -0.2) is 8.78 Å². The van der Waals surface area contributed by atoms with Gasteiger partial charge in [-0.1, -0.05) is 83.3 Å². The van der Waals surface area contributed by atoms with Gasteiger partial charge in [0.2, 0.25) is 17.7 Å². The van der Waals surface area contributed by atoms with Crippen LogP contribution in [0.2, 0.25) is 0 Å². The highest BCUT2D eigenvalue weighted by molar-refractivity contribution is 14.1. The second-order valence-electron chi connectivity index (χ2n) is 13.8. The molecule has 2 heterocycles. The summed E-state index contributed by atoms with van der Waals surface area (Å²) >= 11 is 2.08. The van der Waals surface area contributed by atoms with E-state index in [0.29, 0.717) is 24.8 Å². The molecule has 0 aliphatic carbocycles. The van der Waals surface area contributed by atoms with E-state index in [1.54, 1.807) is 7.05 Å². The molecule has 3 aromatic rings. The van der Waals surface area contributed by atoms with Crippen LogP contribution in [0.3, 0.4) is 0 Å². The molecule has 3 amide bonds. The number of nitrogens with zero attached hydrogens (tertiary/aromatic N) is 3. The molecule has 0 bridgehead atoms. The van der Waals surface area contributed by atoms with Crippen LogP contribution in [0.5, 0.6) is 0 Å². The number of likely N-dealkylation sites (tertiary alicyclic amines) is 1. The maximum Gasteiger partial charge on any atom is 0.249 e. The van der Waals surface area contributed by atoms with Crippen LogP contribution in [-0.4, -0.2) is 108 Å². The third kappa shape index (κ3) is 10.8. The Kier molecular flexibility index (Phi) is 15.0. The Labute approximate surface area is 319 Å². The van der Waals surface area contributed by atoms with E-state index in [9.17, 15) is 23.2 Å². The summed E-state index contributed by atoms with van der Waals surface area (Å²) in [7, 11) is 3.62. The number of carbonyl (C=O) groups is 3. The molecule has 9 nitrogen and oxygen atoms in total. The fourth-order valence-electron chi connectivity index (χ4n) is 7.12. The molecule has 0 radical (unpaired) electrons. The minimum Gasteiger partial charge on any atom is -0.370 e. The Balaban J connectivity index is 1.38. The van der Waals surface area contributed by atoms with Crippen LogP contribution in [0.25, 0.3) is 11.1 Å². The first-order valence-corrected chi connectivity index (χ1v) is 19.7. The number of hydrogen-bond donors (Lipinski definition) is 2. The van der Waals surface area contributed by atoms with Crippen molar-refractivity contribution in [3.8, 4) is 11.1 Å². The van der Waals surface area contributed by atoms with Crippen LogP contribution in [0.1, 0.15) is 43.2 Å². The Morgan fingerprint density at radius 3 is 2.31 bits per heavy atom. The molecule has 1 unspecified atom stereocenters. The minimum atomic E-state index is -1.04. The maximum atomic E-state index is 14.7. The molecule has 5 rings (SSSR count). The summed E-state index contributed by atoms with van der Waals surface area (Å²) in [6, 6.07) is 19.9. The molecule has 0 aromatic heterocycles. The lowest BCUT2D eigenvalue weighted by Crippen LogP contribution is -2.57. The molecule has 0 spiro atoms. The molecular formula is C40H50F2IN5O4. The third-order valence-electron chi connectivity index (χ3n) is 10.3. The van der Waals surface area contributed by atoms with Crippen LogP contribution in [0.15, 0.2) is 72.8 Å². The molecule has 2 aliphatic heterocycles. The summed E-state index contributed by atoms with van der Waals surface area (Å²) in [4.78, 5) is 47.5. The van der Waals surface area contributed by atoms with Gasteiger partial charge in [-0.2, -0.15) is 0 Å². The van der Waals surface area contributed by atoms with Crippen molar-refractivity contribution in [2.45, 2.75) is 69.1 Å². The number of alkyl halides is 1. The van der Waals surface area contributed by atoms with Crippen LogP contribution in [-0.2, 0) is 32.0 Å². The van der Waals surface area contributed by atoms with Crippen molar-refractivity contribution < 1.29 is 27.9 Å². The molecule has 2 fully saturated rings. The molecule has 0 saturated carbocycles. The highest BCUT2D eigenvalue weighted by Crippen LogP contribution is 2.23. The highest BCUT2D eigenvalue weighted by atomic mass is 127. The van der Waals surface area contributed by atoms with Crippen LogP contribution in [0.4, 0.5) is 8.78 Å². The highest BCUT2D eigenvalue weighted by Gasteiger charge is 2.36. The summed E-state index contributed by atoms with van der Waals surface area (Å²) in [5.41, 5.74) is 3.29. The third-order valence-corrected chi connectivity index (χ3v) is 11.0. The first-order valence-electron chi connectivity index (χ1n) is 18.1.